The van der Waals surface area contributed by atoms with E-state index in [1.165, 1.54) is 16.9 Å². The van der Waals surface area contributed by atoms with Crippen molar-refractivity contribution in [2.24, 2.45) is 0 Å². The Balaban J connectivity index is 1.84. The lowest BCUT2D eigenvalue weighted by atomic mass is 10.0. The standard InChI is InChI=1S/C15H21N3OS2/c1-3-15(19,4-2)11-20-14-18-17-13(21-14)16-10-12-8-6-5-7-9-12/h5-9,19H,3-4,10-11H2,1-2H3,(H,16,17). The summed E-state index contributed by atoms with van der Waals surface area (Å²) in [7, 11) is 0. The van der Waals surface area contributed by atoms with E-state index >= 15 is 0 Å². The quantitative estimate of drug-likeness (QED) is 0.724. The van der Waals surface area contributed by atoms with Crippen LogP contribution in [0.15, 0.2) is 34.7 Å². The summed E-state index contributed by atoms with van der Waals surface area (Å²) in [5.74, 6) is 0.660. The number of hydrogen-bond donors (Lipinski definition) is 2. The minimum absolute atomic E-state index is 0.603. The lowest BCUT2D eigenvalue weighted by Crippen LogP contribution is -2.29. The Morgan fingerprint density at radius 1 is 1.19 bits per heavy atom. The van der Waals surface area contributed by atoms with Crippen molar-refractivity contribution in [2.45, 2.75) is 43.2 Å². The second-order valence-electron chi connectivity index (χ2n) is 4.93. The van der Waals surface area contributed by atoms with Gasteiger partial charge in [0.15, 0.2) is 4.34 Å². The summed E-state index contributed by atoms with van der Waals surface area (Å²) in [4.78, 5) is 0. The van der Waals surface area contributed by atoms with E-state index in [1.807, 2.05) is 32.0 Å². The highest BCUT2D eigenvalue weighted by molar-refractivity contribution is 8.01. The zero-order valence-corrected chi connectivity index (χ0v) is 14.0. The Labute approximate surface area is 134 Å². The number of nitrogens with zero attached hydrogens (tertiary/aromatic N) is 2. The van der Waals surface area contributed by atoms with E-state index in [1.54, 1.807) is 11.8 Å². The van der Waals surface area contributed by atoms with Crippen LogP contribution in [0.3, 0.4) is 0 Å². The molecule has 0 bridgehead atoms. The topological polar surface area (TPSA) is 58.0 Å². The molecule has 1 aromatic heterocycles. The lowest BCUT2D eigenvalue weighted by molar-refractivity contribution is 0.0572. The first-order valence-corrected chi connectivity index (χ1v) is 8.92. The van der Waals surface area contributed by atoms with Crippen LogP contribution in [0.25, 0.3) is 0 Å². The van der Waals surface area contributed by atoms with Gasteiger partial charge in [0, 0.05) is 12.3 Å². The fraction of sp³-hybridized carbons (Fsp3) is 0.467. The maximum absolute atomic E-state index is 10.3. The highest BCUT2D eigenvalue weighted by Gasteiger charge is 2.23. The average molecular weight is 323 g/mol. The number of rotatable bonds is 8. The maximum Gasteiger partial charge on any atom is 0.206 e. The molecule has 0 radical (unpaired) electrons. The molecule has 0 amide bonds. The molecule has 0 unspecified atom stereocenters. The molecule has 2 N–H and O–H groups in total. The van der Waals surface area contributed by atoms with Gasteiger partial charge < -0.3 is 10.4 Å². The van der Waals surface area contributed by atoms with E-state index in [0.29, 0.717) is 5.75 Å². The molecule has 0 aliphatic heterocycles. The third-order valence-corrected chi connectivity index (χ3v) is 5.76. The van der Waals surface area contributed by atoms with Gasteiger partial charge in [-0.2, -0.15) is 0 Å². The molecule has 2 aromatic rings. The van der Waals surface area contributed by atoms with Crippen LogP contribution in [-0.2, 0) is 6.54 Å². The van der Waals surface area contributed by atoms with Crippen LogP contribution in [0, 0.1) is 0 Å². The van der Waals surface area contributed by atoms with Gasteiger partial charge in [-0.1, -0.05) is 67.3 Å². The van der Waals surface area contributed by atoms with Gasteiger partial charge in [0.2, 0.25) is 5.13 Å². The summed E-state index contributed by atoms with van der Waals surface area (Å²) in [6.45, 7) is 4.77. The number of aromatic nitrogens is 2. The molecule has 0 spiro atoms. The van der Waals surface area contributed by atoms with Crippen LogP contribution in [0.4, 0.5) is 5.13 Å². The Morgan fingerprint density at radius 2 is 1.90 bits per heavy atom. The summed E-state index contributed by atoms with van der Waals surface area (Å²) >= 11 is 3.11. The number of hydrogen-bond acceptors (Lipinski definition) is 6. The maximum atomic E-state index is 10.3. The minimum atomic E-state index is -0.603. The number of aliphatic hydroxyl groups is 1. The van der Waals surface area contributed by atoms with Gasteiger partial charge in [-0.05, 0) is 18.4 Å². The van der Waals surface area contributed by atoms with Gasteiger partial charge in [-0.3, -0.25) is 0 Å². The predicted molar refractivity (Wildman–Crippen MR) is 89.9 cm³/mol. The normalized spacial score (nSPS) is 11.6. The van der Waals surface area contributed by atoms with Crippen molar-refractivity contribution >= 4 is 28.2 Å². The van der Waals surface area contributed by atoms with Crippen LogP contribution >= 0.6 is 23.1 Å². The monoisotopic (exact) mass is 323 g/mol. The third-order valence-electron chi connectivity index (χ3n) is 3.47. The van der Waals surface area contributed by atoms with Crippen LogP contribution in [-0.4, -0.2) is 26.7 Å². The summed E-state index contributed by atoms with van der Waals surface area (Å²) in [6, 6.07) is 10.2. The van der Waals surface area contributed by atoms with Crippen molar-refractivity contribution in [3.8, 4) is 0 Å². The molecule has 21 heavy (non-hydrogen) atoms. The smallest absolute Gasteiger partial charge is 0.206 e. The van der Waals surface area contributed by atoms with E-state index in [2.05, 4.69) is 27.6 Å². The summed E-state index contributed by atoms with van der Waals surface area (Å²) < 4.78 is 0.894. The fourth-order valence-electron chi connectivity index (χ4n) is 1.76. The Kier molecular flexibility index (Phi) is 6.02. The molecule has 6 heteroatoms. The first kappa shape index (κ1) is 16.3. The molecular weight excluding hydrogens is 302 g/mol. The molecule has 0 atom stereocenters. The highest BCUT2D eigenvalue weighted by atomic mass is 32.2. The number of thioether (sulfide) groups is 1. The van der Waals surface area contributed by atoms with E-state index in [0.717, 1.165) is 28.9 Å². The molecule has 0 saturated carbocycles. The van der Waals surface area contributed by atoms with Crippen molar-refractivity contribution in [1.82, 2.24) is 10.2 Å². The van der Waals surface area contributed by atoms with Crippen LogP contribution in [0.1, 0.15) is 32.3 Å². The summed E-state index contributed by atoms with van der Waals surface area (Å²) in [6.07, 6.45) is 1.52. The number of anilines is 1. The zero-order chi connectivity index (χ0) is 15.1. The average Bonchev–Trinajstić information content (AvgIpc) is 3.00. The molecular formula is C15H21N3OS2. The molecule has 1 heterocycles. The molecule has 0 saturated heterocycles. The van der Waals surface area contributed by atoms with Crippen molar-refractivity contribution in [3.63, 3.8) is 0 Å². The first-order valence-electron chi connectivity index (χ1n) is 7.11. The van der Waals surface area contributed by atoms with Gasteiger partial charge in [0.25, 0.3) is 0 Å². The number of nitrogens with one attached hydrogen (secondary N) is 1. The largest absolute Gasteiger partial charge is 0.389 e. The summed E-state index contributed by atoms with van der Waals surface area (Å²) in [5.41, 5.74) is 0.613. The Bertz CT molecular complexity index is 541. The van der Waals surface area contributed by atoms with Crippen molar-refractivity contribution in [1.29, 1.82) is 0 Å². The molecule has 114 valence electrons. The van der Waals surface area contributed by atoms with Gasteiger partial charge >= 0.3 is 0 Å². The molecule has 2 rings (SSSR count). The lowest BCUT2D eigenvalue weighted by Gasteiger charge is -2.23. The fourth-order valence-corrected chi connectivity index (χ4v) is 3.78. The second kappa shape index (κ2) is 7.77. The SMILES string of the molecule is CCC(O)(CC)CSc1nnc(NCc2ccccc2)s1. The minimum Gasteiger partial charge on any atom is -0.389 e. The molecule has 0 aliphatic rings. The first-order chi connectivity index (χ1) is 10.1. The van der Waals surface area contributed by atoms with Gasteiger partial charge in [0.1, 0.15) is 0 Å². The third kappa shape index (κ3) is 4.98. The zero-order valence-electron chi connectivity index (χ0n) is 12.4. The molecule has 0 aliphatic carbocycles. The number of benzene rings is 1. The van der Waals surface area contributed by atoms with Crippen LogP contribution < -0.4 is 5.32 Å². The van der Waals surface area contributed by atoms with E-state index < -0.39 is 5.60 Å². The van der Waals surface area contributed by atoms with Gasteiger partial charge in [-0.25, -0.2) is 0 Å². The van der Waals surface area contributed by atoms with Crippen molar-refractivity contribution in [3.05, 3.63) is 35.9 Å². The second-order valence-corrected chi connectivity index (χ2v) is 7.13. The Hall–Kier alpha value is -1.11. The molecule has 0 fully saturated rings. The van der Waals surface area contributed by atoms with Crippen molar-refractivity contribution < 1.29 is 5.11 Å². The Morgan fingerprint density at radius 3 is 2.57 bits per heavy atom. The van der Waals surface area contributed by atoms with Crippen LogP contribution in [0.2, 0.25) is 0 Å². The van der Waals surface area contributed by atoms with Gasteiger partial charge in [-0.15, -0.1) is 10.2 Å². The van der Waals surface area contributed by atoms with E-state index in [-0.39, 0.29) is 0 Å². The van der Waals surface area contributed by atoms with E-state index in [9.17, 15) is 5.11 Å². The summed E-state index contributed by atoms with van der Waals surface area (Å²) in [5, 5.41) is 22.7. The molecule has 4 nitrogen and oxygen atoms in total. The molecule has 1 aromatic carbocycles. The van der Waals surface area contributed by atoms with Crippen LogP contribution in [0.5, 0.6) is 0 Å². The predicted octanol–water partition coefficient (Wildman–Crippen LogP) is 3.79. The van der Waals surface area contributed by atoms with Gasteiger partial charge in [0.05, 0.1) is 5.60 Å². The van der Waals surface area contributed by atoms with Crippen molar-refractivity contribution in [2.75, 3.05) is 11.1 Å². The van der Waals surface area contributed by atoms with E-state index in [4.69, 9.17) is 0 Å². The highest BCUT2D eigenvalue weighted by Crippen LogP contribution is 2.30.